The molecule has 0 aliphatic carbocycles. The average molecular weight is 452 g/mol. The zero-order valence-electron chi connectivity index (χ0n) is 18.3. The van der Waals surface area contributed by atoms with Crippen LogP contribution >= 0.6 is 0 Å². The van der Waals surface area contributed by atoms with Gasteiger partial charge >= 0.3 is 0 Å². The molecule has 0 unspecified atom stereocenters. The van der Waals surface area contributed by atoms with Gasteiger partial charge in [-0.15, -0.1) is 0 Å². The van der Waals surface area contributed by atoms with Crippen molar-refractivity contribution in [2.24, 2.45) is 0 Å². The molecule has 0 fully saturated rings. The van der Waals surface area contributed by atoms with Crippen LogP contribution in [0.1, 0.15) is 5.56 Å². The molecule has 0 bridgehead atoms. The summed E-state index contributed by atoms with van der Waals surface area (Å²) >= 11 is 0. The molecular weight excluding hydrogens is 432 g/mol. The minimum absolute atomic E-state index is 0.0232. The van der Waals surface area contributed by atoms with E-state index in [2.05, 4.69) is 15.2 Å². The zero-order valence-corrected chi connectivity index (χ0v) is 18.3. The van der Waals surface area contributed by atoms with Gasteiger partial charge in [-0.3, -0.25) is 4.79 Å². The second kappa shape index (κ2) is 9.41. The highest BCUT2D eigenvalue weighted by Crippen LogP contribution is 2.29. The second-order valence-corrected chi connectivity index (χ2v) is 7.37. The molecule has 3 aromatic carbocycles. The number of benzene rings is 3. The monoisotopic (exact) mass is 452 g/mol. The molecule has 5 rings (SSSR count). The normalized spacial score (nSPS) is 10.7. The summed E-state index contributed by atoms with van der Waals surface area (Å²) in [5.41, 5.74) is 2.13. The van der Waals surface area contributed by atoms with Crippen LogP contribution < -0.4 is 14.9 Å². The number of para-hydroxylation sites is 1. The van der Waals surface area contributed by atoms with Gasteiger partial charge in [-0.05, 0) is 29.8 Å². The van der Waals surface area contributed by atoms with E-state index in [1.165, 1.54) is 6.07 Å². The highest BCUT2D eigenvalue weighted by molar-refractivity contribution is 5.65. The summed E-state index contributed by atoms with van der Waals surface area (Å²) in [6, 6.07) is 26.0. The molecule has 0 radical (unpaired) electrons. The van der Waals surface area contributed by atoms with Gasteiger partial charge in [0.05, 0.1) is 18.4 Å². The molecule has 0 spiro atoms. The minimum atomic E-state index is -0.331. The summed E-state index contributed by atoms with van der Waals surface area (Å²) in [6.07, 6.45) is 1.57. The van der Waals surface area contributed by atoms with E-state index in [-0.39, 0.29) is 17.0 Å². The number of hydrogen-bond donors (Lipinski definition) is 0. The Morgan fingerprint density at radius 1 is 0.941 bits per heavy atom. The summed E-state index contributed by atoms with van der Waals surface area (Å²) in [5.74, 6) is 1.60. The van der Waals surface area contributed by atoms with Crippen molar-refractivity contribution in [1.82, 2.24) is 19.9 Å². The third kappa shape index (κ3) is 4.42. The molecule has 34 heavy (non-hydrogen) atoms. The predicted octanol–water partition coefficient (Wildman–Crippen LogP) is 4.54. The van der Waals surface area contributed by atoms with E-state index in [1.54, 1.807) is 24.1 Å². The Hall–Kier alpha value is -4.72. The molecule has 0 aliphatic rings. The first-order chi connectivity index (χ1) is 16.7. The molecule has 8 nitrogen and oxygen atoms in total. The Bertz CT molecular complexity index is 1480. The third-order valence-electron chi connectivity index (χ3n) is 5.12. The van der Waals surface area contributed by atoms with E-state index >= 15 is 0 Å². The van der Waals surface area contributed by atoms with Gasteiger partial charge in [0.1, 0.15) is 18.1 Å². The van der Waals surface area contributed by atoms with E-state index in [0.29, 0.717) is 29.5 Å². The Morgan fingerprint density at radius 2 is 1.76 bits per heavy atom. The maximum Gasteiger partial charge on any atom is 0.282 e. The molecule has 0 amide bonds. The van der Waals surface area contributed by atoms with Crippen molar-refractivity contribution in [3.8, 4) is 40.2 Å². The molecular formula is C26H20N4O4. The predicted molar refractivity (Wildman–Crippen MR) is 126 cm³/mol. The Balaban J connectivity index is 1.45. The van der Waals surface area contributed by atoms with Crippen molar-refractivity contribution in [2.45, 2.75) is 6.61 Å². The number of nitrogens with zero attached hydrogens (tertiary/aromatic N) is 4. The smallest absolute Gasteiger partial charge is 0.282 e. The van der Waals surface area contributed by atoms with Gasteiger partial charge in [-0.1, -0.05) is 53.7 Å². The SMILES string of the molecule is COc1cccc(-n2ccc(=O)c(-c3nc(-c4ccccc4OCc4ccccc4)no3)n2)c1. The van der Waals surface area contributed by atoms with Gasteiger partial charge in [0.25, 0.3) is 5.89 Å². The molecule has 5 aromatic rings. The van der Waals surface area contributed by atoms with E-state index in [1.807, 2.05) is 72.8 Å². The standard InChI is InChI=1S/C26H20N4O4/c1-32-20-11-7-10-19(16-20)30-15-14-22(31)24(28-30)26-27-25(29-34-26)21-12-5-6-13-23(21)33-17-18-8-3-2-4-9-18/h2-16H,17H2,1H3. The van der Waals surface area contributed by atoms with Crippen molar-refractivity contribution in [1.29, 1.82) is 0 Å². The van der Waals surface area contributed by atoms with Crippen LogP contribution in [0.15, 0.2) is 100 Å². The molecule has 168 valence electrons. The van der Waals surface area contributed by atoms with Gasteiger partial charge in [-0.25, -0.2) is 4.68 Å². The van der Waals surface area contributed by atoms with Crippen LogP contribution in [0.3, 0.4) is 0 Å². The van der Waals surface area contributed by atoms with Crippen LogP contribution in [-0.2, 0) is 6.61 Å². The first-order valence-corrected chi connectivity index (χ1v) is 10.6. The third-order valence-corrected chi connectivity index (χ3v) is 5.12. The maximum atomic E-state index is 12.5. The largest absolute Gasteiger partial charge is 0.497 e. The first-order valence-electron chi connectivity index (χ1n) is 10.6. The second-order valence-electron chi connectivity index (χ2n) is 7.37. The lowest BCUT2D eigenvalue weighted by Crippen LogP contribution is -2.12. The molecule has 0 N–H and O–H groups in total. The number of methoxy groups -OCH3 is 1. The van der Waals surface area contributed by atoms with Crippen LogP contribution in [0, 0.1) is 0 Å². The molecule has 0 saturated heterocycles. The zero-order chi connectivity index (χ0) is 23.3. The highest BCUT2D eigenvalue weighted by Gasteiger charge is 2.18. The highest BCUT2D eigenvalue weighted by atomic mass is 16.5. The molecule has 8 heteroatoms. The van der Waals surface area contributed by atoms with Crippen LogP contribution in [-0.4, -0.2) is 27.0 Å². The number of hydrogen-bond acceptors (Lipinski definition) is 7. The Kier molecular flexibility index (Phi) is 5.85. The first kappa shape index (κ1) is 21.1. The van der Waals surface area contributed by atoms with Gasteiger partial charge in [0.2, 0.25) is 11.3 Å². The number of ether oxygens (including phenoxy) is 2. The fraction of sp³-hybridized carbons (Fsp3) is 0.0769. The van der Waals surface area contributed by atoms with Crippen LogP contribution in [0.5, 0.6) is 11.5 Å². The lowest BCUT2D eigenvalue weighted by Gasteiger charge is -2.09. The molecule has 0 atom stereocenters. The molecule has 0 saturated carbocycles. The Labute approximate surface area is 195 Å². The Morgan fingerprint density at radius 3 is 2.62 bits per heavy atom. The van der Waals surface area contributed by atoms with Gasteiger partial charge in [0.15, 0.2) is 5.69 Å². The van der Waals surface area contributed by atoms with Crippen molar-refractivity contribution in [3.63, 3.8) is 0 Å². The number of rotatable bonds is 7. The minimum Gasteiger partial charge on any atom is -0.497 e. The van der Waals surface area contributed by atoms with Crippen molar-refractivity contribution >= 4 is 0 Å². The van der Waals surface area contributed by atoms with Crippen molar-refractivity contribution in [3.05, 3.63) is 107 Å². The lowest BCUT2D eigenvalue weighted by molar-refractivity contribution is 0.307. The summed E-state index contributed by atoms with van der Waals surface area (Å²) in [5, 5.41) is 8.49. The van der Waals surface area contributed by atoms with E-state index in [4.69, 9.17) is 14.0 Å². The number of aromatic nitrogens is 4. The molecule has 0 aliphatic heterocycles. The average Bonchev–Trinajstić information content (AvgIpc) is 3.38. The fourth-order valence-corrected chi connectivity index (χ4v) is 3.39. The van der Waals surface area contributed by atoms with Crippen molar-refractivity contribution in [2.75, 3.05) is 7.11 Å². The maximum absolute atomic E-state index is 12.5. The lowest BCUT2D eigenvalue weighted by atomic mass is 10.2. The van der Waals surface area contributed by atoms with Crippen LogP contribution in [0.2, 0.25) is 0 Å². The molecule has 2 heterocycles. The molecule has 2 aromatic heterocycles. The van der Waals surface area contributed by atoms with Gasteiger partial charge in [0, 0.05) is 18.3 Å². The van der Waals surface area contributed by atoms with Crippen molar-refractivity contribution < 1.29 is 14.0 Å². The van der Waals surface area contributed by atoms with Gasteiger partial charge in [-0.2, -0.15) is 10.1 Å². The van der Waals surface area contributed by atoms with Crippen LogP contribution in [0.4, 0.5) is 0 Å². The fourth-order valence-electron chi connectivity index (χ4n) is 3.39. The van der Waals surface area contributed by atoms with E-state index < -0.39 is 0 Å². The summed E-state index contributed by atoms with van der Waals surface area (Å²) in [6.45, 7) is 0.397. The van der Waals surface area contributed by atoms with E-state index in [9.17, 15) is 4.79 Å². The van der Waals surface area contributed by atoms with E-state index in [0.717, 1.165) is 11.3 Å². The topological polar surface area (TPSA) is 92.3 Å². The van der Waals surface area contributed by atoms with Crippen LogP contribution in [0.25, 0.3) is 28.7 Å². The summed E-state index contributed by atoms with van der Waals surface area (Å²) < 4.78 is 18.2. The van der Waals surface area contributed by atoms with Gasteiger partial charge < -0.3 is 14.0 Å². The summed E-state index contributed by atoms with van der Waals surface area (Å²) in [4.78, 5) is 17.0. The quantitative estimate of drug-likeness (QED) is 0.358. The summed E-state index contributed by atoms with van der Waals surface area (Å²) in [7, 11) is 1.59.